The molecule has 0 atom stereocenters. The van der Waals surface area contributed by atoms with Crippen molar-refractivity contribution in [3.05, 3.63) is 54.1 Å². The Morgan fingerprint density at radius 3 is 2.45 bits per heavy atom. The normalized spacial score (nSPS) is 10.7. The molecule has 2 aromatic rings. The molecule has 0 saturated heterocycles. The van der Waals surface area contributed by atoms with Crippen molar-refractivity contribution in [2.24, 2.45) is 0 Å². The fourth-order valence-electron chi connectivity index (χ4n) is 2.20. The Morgan fingerprint density at radius 1 is 1.15 bits per heavy atom. The van der Waals surface area contributed by atoms with E-state index in [1.165, 1.54) is 24.0 Å². The third-order valence-electron chi connectivity index (χ3n) is 3.45. The maximum atomic E-state index is 11.8. The van der Waals surface area contributed by atoms with Gasteiger partial charge in [-0.25, -0.2) is 4.98 Å². The number of rotatable bonds is 8. The first kappa shape index (κ1) is 14.5. The Labute approximate surface area is 120 Å². The molecule has 1 aromatic heterocycles. The minimum atomic E-state index is 0.248. The van der Waals surface area contributed by atoms with Crippen LogP contribution in [0.2, 0.25) is 0 Å². The van der Waals surface area contributed by atoms with E-state index >= 15 is 0 Å². The summed E-state index contributed by atoms with van der Waals surface area (Å²) in [6, 6.07) is 8.67. The third kappa shape index (κ3) is 4.65. The molecule has 0 aliphatic rings. The molecule has 0 saturated carbocycles. The average molecular weight is 270 g/mol. The first-order chi connectivity index (χ1) is 9.78. The zero-order valence-electron chi connectivity index (χ0n) is 12.1. The van der Waals surface area contributed by atoms with Crippen molar-refractivity contribution in [3.63, 3.8) is 0 Å². The average Bonchev–Trinajstić information content (AvgIpc) is 2.97. The summed E-state index contributed by atoms with van der Waals surface area (Å²) in [7, 11) is 0. The van der Waals surface area contributed by atoms with E-state index in [2.05, 4.69) is 36.2 Å². The summed E-state index contributed by atoms with van der Waals surface area (Å²) in [6.07, 6.45) is 10.2. The zero-order valence-corrected chi connectivity index (χ0v) is 12.1. The highest BCUT2D eigenvalue weighted by molar-refractivity contribution is 5.78. The van der Waals surface area contributed by atoms with Gasteiger partial charge >= 0.3 is 0 Å². The van der Waals surface area contributed by atoms with Crippen molar-refractivity contribution < 1.29 is 4.79 Å². The van der Waals surface area contributed by atoms with E-state index in [1.807, 2.05) is 10.8 Å². The lowest BCUT2D eigenvalue weighted by atomic mass is 10.0. The Bertz CT molecular complexity index is 514. The molecule has 0 aliphatic carbocycles. The lowest BCUT2D eigenvalue weighted by Gasteiger charge is -2.04. The van der Waals surface area contributed by atoms with Crippen LogP contribution in [-0.4, -0.2) is 15.3 Å². The number of aromatic nitrogens is 2. The molecular weight excluding hydrogens is 248 g/mol. The Morgan fingerprint density at radius 2 is 1.85 bits per heavy atom. The second-order valence-corrected chi connectivity index (χ2v) is 5.19. The van der Waals surface area contributed by atoms with Gasteiger partial charge in [-0.1, -0.05) is 37.6 Å². The molecule has 0 N–H and O–H groups in total. The molecule has 1 heterocycles. The number of carbonyl (C=O) groups excluding carboxylic acids is 1. The molecule has 20 heavy (non-hydrogen) atoms. The number of hydrogen-bond donors (Lipinski definition) is 0. The van der Waals surface area contributed by atoms with Crippen LogP contribution in [0.1, 0.15) is 37.3 Å². The van der Waals surface area contributed by atoms with Crippen LogP contribution >= 0.6 is 0 Å². The lowest BCUT2D eigenvalue weighted by Crippen LogP contribution is -2.09. The van der Waals surface area contributed by atoms with Crippen molar-refractivity contribution in [2.45, 2.75) is 45.6 Å². The summed E-state index contributed by atoms with van der Waals surface area (Å²) < 4.78 is 1.82. The molecule has 0 aliphatic heterocycles. The van der Waals surface area contributed by atoms with E-state index in [0.717, 1.165) is 12.8 Å². The highest BCUT2D eigenvalue weighted by Crippen LogP contribution is 2.10. The zero-order chi connectivity index (χ0) is 14.2. The number of carbonyl (C=O) groups is 1. The van der Waals surface area contributed by atoms with E-state index in [4.69, 9.17) is 0 Å². The summed E-state index contributed by atoms with van der Waals surface area (Å²) in [5, 5.41) is 0. The van der Waals surface area contributed by atoms with Crippen molar-refractivity contribution in [1.82, 2.24) is 9.55 Å². The van der Waals surface area contributed by atoms with Crippen molar-refractivity contribution >= 4 is 5.78 Å². The molecule has 0 spiro atoms. The summed E-state index contributed by atoms with van der Waals surface area (Å²) >= 11 is 0. The standard InChI is InChI=1S/C17H22N2O/c1-2-3-4-15-5-7-16(8-6-15)9-10-17(20)13-19-12-11-18-14-19/h5-8,11-12,14H,2-4,9-10,13H2,1H3. The molecule has 3 heteroatoms. The summed E-state index contributed by atoms with van der Waals surface area (Å²) in [5.41, 5.74) is 2.63. The van der Waals surface area contributed by atoms with Gasteiger partial charge in [0.1, 0.15) is 0 Å². The first-order valence-corrected chi connectivity index (χ1v) is 7.33. The molecule has 0 fully saturated rings. The predicted octanol–water partition coefficient (Wildman–Crippen LogP) is 3.43. The maximum absolute atomic E-state index is 11.8. The number of benzene rings is 1. The molecule has 0 bridgehead atoms. The molecule has 106 valence electrons. The van der Waals surface area contributed by atoms with Crippen LogP contribution in [0.25, 0.3) is 0 Å². The van der Waals surface area contributed by atoms with Crippen molar-refractivity contribution in [2.75, 3.05) is 0 Å². The first-order valence-electron chi connectivity index (χ1n) is 7.33. The number of unbranched alkanes of at least 4 members (excludes halogenated alkanes) is 1. The second kappa shape index (κ2) is 7.63. The van der Waals surface area contributed by atoms with Gasteiger partial charge in [0.05, 0.1) is 12.9 Å². The summed E-state index contributed by atoms with van der Waals surface area (Å²) in [6.45, 7) is 2.63. The van der Waals surface area contributed by atoms with Gasteiger partial charge in [-0.3, -0.25) is 4.79 Å². The van der Waals surface area contributed by atoms with Crippen LogP contribution in [0.3, 0.4) is 0 Å². The van der Waals surface area contributed by atoms with Gasteiger partial charge in [0.15, 0.2) is 5.78 Å². The fourth-order valence-corrected chi connectivity index (χ4v) is 2.20. The van der Waals surface area contributed by atoms with E-state index in [0.29, 0.717) is 13.0 Å². The second-order valence-electron chi connectivity index (χ2n) is 5.19. The van der Waals surface area contributed by atoms with E-state index in [1.54, 1.807) is 12.5 Å². The molecule has 0 amide bonds. The maximum Gasteiger partial charge on any atom is 0.152 e. The van der Waals surface area contributed by atoms with Crippen LogP contribution in [0.5, 0.6) is 0 Å². The molecule has 1 aromatic carbocycles. The Balaban J connectivity index is 1.77. The number of nitrogens with zero attached hydrogens (tertiary/aromatic N) is 2. The number of Topliss-reactive ketones (excluding diaryl/α,β-unsaturated/α-hetero) is 1. The van der Waals surface area contributed by atoms with Crippen LogP contribution in [0.4, 0.5) is 0 Å². The summed E-state index contributed by atoms with van der Waals surface area (Å²) in [4.78, 5) is 15.8. The highest BCUT2D eigenvalue weighted by Gasteiger charge is 2.04. The number of aryl methyl sites for hydroxylation is 2. The predicted molar refractivity (Wildman–Crippen MR) is 80.6 cm³/mol. The number of ketones is 1. The Hall–Kier alpha value is -1.90. The van der Waals surface area contributed by atoms with Crippen LogP contribution in [0.15, 0.2) is 43.0 Å². The van der Waals surface area contributed by atoms with Crippen LogP contribution in [-0.2, 0) is 24.2 Å². The van der Waals surface area contributed by atoms with Crippen LogP contribution in [0, 0.1) is 0 Å². The minimum absolute atomic E-state index is 0.248. The van der Waals surface area contributed by atoms with Gasteiger partial charge in [-0.2, -0.15) is 0 Å². The quantitative estimate of drug-likeness (QED) is 0.736. The largest absolute Gasteiger partial charge is 0.330 e. The van der Waals surface area contributed by atoms with Crippen molar-refractivity contribution in [3.8, 4) is 0 Å². The van der Waals surface area contributed by atoms with Gasteiger partial charge in [-0.05, 0) is 30.4 Å². The van der Waals surface area contributed by atoms with E-state index < -0.39 is 0 Å². The monoisotopic (exact) mass is 270 g/mol. The van der Waals surface area contributed by atoms with Crippen molar-refractivity contribution in [1.29, 1.82) is 0 Å². The van der Waals surface area contributed by atoms with E-state index in [9.17, 15) is 4.79 Å². The van der Waals surface area contributed by atoms with Gasteiger partial charge < -0.3 is 4.57 Å². The third-order valence-corrected chi connectivity index (χ3v) is 3.45. The van der Waals surface area contributed by atoms with E-state index in [-0.39, 0.29) is 5.78 Å². The molecular formula is C17H22N2O. The number of imidazole rings is 1. The van der Waals surface area contributed by atoms with Gasteiger partial charge in [-0.15, -0.1) is 0 Å². The minimum Gasteiger partial charge on any atom is -0.330 e. The van der Waals surface area contributed by atoms with Gasteiger partial charge in [0.25, 0.3) is 0 Å². The summed E-state index contributed by atoms with van der Waals surface area (Å²) in [5.74, 6) is 0.248. The Kier molecular flexibility index (Phi) is 5.54. The number of hydrogen-bond acceptors (Lipinski definition) is 2. The smallest absolute Gasteiger partial charge is 0.152 e. The van der Waals surface area contributed by atoms with Gasteiger partial charge in [0.2, 0.25) is 0 Å². The molecule has 3 nitrogen and oxygen atoms in total. The van der Waals surface area contributed by atoms with Gasteiger partial charge in [0, 0.05) is 18.8 Å². The molecule has 0 unspecified atom stereocenters. The fraction of sp³-hybridized carbons (Fsp3) is 0.412. The molecule has 0 radical (unpaired) electrons. The lowest BCUT2D eigenvalue weighted by molar-refractivity contribution is -0.119. The highest BCUT2D eigenvalue weighted by atomic mass is 16.1. The van der Waals surface area contributed by atoms with Crippen LogP contribution < -0.4 is 0 Å². The molecule has 2 rings (SSSR count). The SMILES string of the molecule is CCCCc1ccc(CCC(=O)Cn2ccnc2)cc1. The topological polar surface area (TPSA) is 34.9 Å².